The summed E-state index contributed by atoms with van der Waals surface area (Å²) in [6, 6.07) is 7.37. The van der Waals surface area contributed by atoms with E-state index in [0.29, 0.717) is 18.1 Å². The summed E-state index contributed by atoms with van der Waals surface area (Å²) >= 11 is 0. The lowest BCUT2D eigenvalue weighted by atomic mass is 9.96. The Bertz CT molecular complexity index is 748. The first kappa shape index (κ1) is 17.1. The van der Waals surface area contributed by atoms with Crippen LogP contribution in [0.4, 0.5) is 5.69 Å². The Hall–Kier alpha value is -2.34. The minimum absolute atomic E-state index is 0.181. The van der Waals surface area contributed by atoms with Crippen molar-refractivity contribution in [1.82, 2.24) is 5.16 Å². The quantitative estimate of drug-likeness (QED) is 0.883. The van der Waals surface area contributed by atoms with Gasteiger partial charge in [0.05, 0.1) is 11.8 Å². The number of fused-ring (bicyclic) bond motifs is 1. The molecule has 1 aromatic heterocycles. The number of carbonyl (C=O) groups is 1. The first-order valence-corrected chi connectivity index (χ1v) is 9.43. The largest absolute Gasteiger partial charge is 0.491 e. The number of nitrogens with zero attached hydrogens (tertiary/aromatic N) is 1. The highest BCUT2D eigenvalue weighted by Gasteiger charge is 2.24. The van der Waals surface area contributed by atoms with Gasteiger partial charge in [-0.3, -0.25) is 4.79 Å². The van der Waals surface area contributed by atoms with E-state index >= 15 is 0 Å². The van der Waals surface area contributed by atoms with E-state index in [1.54, 1.807) is 0 Å². The molecule has 0 spiro atoms. The van der Waals surface area contributed by atoms with Gasteiger partial charge in [-0.1, -0.05) is 5.16 Å². The van der Waals surface area contributed by atoms with Crippen LogP contribution in [0.15, 0.2) is 28.8 Å². The van der Waals surface area contributed by atoms with Crippen molar-refractivity contribution in [2.24, 2.45) is 0 Å². The molecule has 6 nitrogen and oxygen atoms in total. The Kier molecular flexibility index (Phi) is 5.20. The molecule has 1 fully saturated rings. The van der Waals surface area contributed by atoms with E-state index in [1.807, 2.05) is 24.3 Å². The van der Waals surface area contributed by atoms with Crippen LogP contribution >= 0.6 is 0 Å². The van der Waals surface area contributed by atoms with Gasteiger partial charge in [-0.05, 0) is 69.2 Å². The summed E-state index contributed by atoms with van der Waals surface area (Å²) in [5, 5.41) is 6.91. The molecule has 6 heteroatoms. The van der Waals surface area contributed by atoms with Gasteiger partial charge < -0.3 is 19.3 Å². The highest BCUT2D eigenvalue weighted by atomic mass is 16.5. The number of hydrogen-bond acceptors (Lipinski definition) is 5. The lowest BCUT2D eigenvalue weighted by Gasteiger charge is -2.22. The van der Waals surface area contributed by atoms with E-state index in [-0.39, 0.29) is 12.0 Å². The molecule has 0 saturated carbocycles. The molecular weight excluding hydrogens is 332 g/mol. The lowest BCUT2D eigenvalue weighted by Crippen LogP contribution is -2.25. The van der Waals surface area contributed by atoms with Crippen molar-refractivity contribution in [2.45, 2.75) is 51.0 Å². The van der Waals surface area contributed by atoms with E-state index in [2.05, 4.69) is 10.5 Å². The number of ether oxygens (including phenoxy) is 2. The summed E-state index contributed by atoms with van der Waals surface area (Å²) in [6.45, 7) is 1.39. The molecule has 1 atom stereocenters. The molecule has 1 aromatic carbocycles. The number of aromatic nitrogens is 1. The van der Waals surface area contributed by atoms with Gasteiger partial charge >= 0.3 is 0 Å². The molecule has 1 unspecified atom stereocenters. The highest BCUT2D eigenvalue weighted by molar-refractivity contribution is 6.03. The molecule has 1 N–H and O–H groups in total. The van der Waals surface area contributed by atoms with Crippen LogP contribution in [0.3, 0.4) is 0 Å². The third kappa shape index (κ3) is 3.90. The smallest absolute Gasteiger partial charge is 0.294 e. The third-order valence-electron chi connectivity index (χ3n) is 4.99. The Morgan fingerprint density at radius 2 is 2.00 bits per heavy atom. The molecule has 1 amide bonds. The zero-order valence-electron chi connectivity index (χ0n) is 14.8. The van der Waals surface area contributed by atoms with Gasteiger partial charge in [0.2, 0.25) is 5.76 Å². The highest BCUT2D eigenvalue weighted by Crippen LogP contribution is 2.25. The summed E-state index contributed by atoms with van der Waals surface area (Å²) in [7, 11) is 0. The zero-order valence-corrected chi connectivity index (χ0v) is 14.8. The minimum atomic E-state index is -0.245. The number of anilines is 1. The minimum Gasteiger partial charge on any atom is -0.491 e. The maximum Gasteiger partial charge on any atom is 0.294 e. The van der Waals surface area contributed by atoms with Gasteiger partial charge in [0.25, 0.3) is 5.91 Å². The molecular formula is C20H24N2O4. The number of nitrogens with one attached hydrogen (secondary N) is 1. The summed E-state index contributed by atoms with van der Waals surface area (Å²) < 4.78 is 16.7. The van der Waals surface area contributed by atoms with Crippen molar-refractivity contribution in [2.75, 3.05) is 18.5 Å². The fraction of sp³-hybridized carbons (Fsp3) is 0.500. The second-order valence-electron chi connectivity index (χ2n) is 6.92. The average molecular weight is 356 g/mol. The monoisotopic (exact) mass is 356 g/mol. The molecule has 26 heavy (non-hydrogen) atoms. The molecule has 0 radical (unpaired) electrons. The predicted molar refractivity (Wildman–Crippen MR) is 96.6 cm³/mol. The van der Waals surface area contributed by atoms with Crippen LogP contribution in [-0.4, -0.2) is 30.4 Å². The molecule has 4 rings (SSSR count). The predicted octanol–water partition coefficient (Wildman–Crippen LogP) is 3.75. The fourth-order valence-corrected chi connectivity index (χ4v) is 3.52. The number of carbonyl (C=O) groups excluding carboxylic acids is 1. The Morgan fingerprint density at radius 3 is 2.81 bits per heavy atom. The molecule has 1 saturated heterocycles. The molecule has 0 bridgehead atoms. The van der Waals surface area contributed by atoms with E-state index in [0.717, 1.165) is 62.1 Å². The van der Waals surface area contributed by atoms with Crippen LogP contribution in [0.1, 0.15) is 53.9 Å². The number of hydrogen-bond donors (Lipinski definition) is 1. The standard InChI is InChI=1S/C20H24N2O4/c23-20(19-17-6-1-2-7-18(17)22-26-19)21-14-8-10-15(11-9-14)25-13-16-5-3-4-12-24-16/h8-11,16H,1-7,12-13H2,(H,21,23). The topological polar surface area (TPSA) is 73.6 Å². The fourth-order valence-electron chi connectivity index (χ4n) is 3.52. The number of benzene rings is 1. The van der Waals surface area contributed by atoms with Gasteiger partial charge in [-0.25, -0.2) is 0 Å². The SMILES string of the molecule is O=C(Nc1ccc(OCC2CCCCO2)cc1)c1onc2c1CCCC2. The van der Waals surface area contributed by atoms with Crippen molar-refractivity contribution < 1.29 is 18.8 Å². The summed E-state index contributed by atoms with van der Waals surface area (Å²) in [6.07, 6.45) is 7.50. The van der Waals surface area contributed by atoms with Gasteiger partial charge in [0.15, 0.2) is 0 Å². The third-order valence-corrected chi connectivity index (χ3v) is 4.99. The van der Waals surface area contributed by atoms with Crippen molar-refractivity contribution in [3.63, 3.8) is 0 Å². The molecule has 1 aliphatic heterocycles. The molecule has 138 valence electrons. The average Bonchev–Trinajstić information content (AvgIpc) is 3.12. The molecule has 2 heterocycles. The van der Waals surface area contributed by atoms with Crippen LogP contribution in [0, 0.1) is 0 Å². The Labute approximate surface area is 152 Å². The number of amides is 1. The summed E-state index contributed by atoms with van der Waals surface area (Å²) in [5.41, 5.74) is 2.59. The van der Waals surface area contributed by atoms with Crippen molar-refractivity contribution in [3.8, 4) is 5.75 Å². The second kappa shape index (κ2) is 7.91. The maximum atomic E-state index is 12.5. The normalized spacial score (nSPS) is 19.6. The van der Waals surface area contributed by atoms with E-state index in [1.165, 1.54) is 6.42 Å². The van der Waals surface area contributed by atoms with Crippen molar-refractivity contribution >= 4 is 11.6 Å². The molecule has 2 aliphatic rings. The zero-order chi connectivity index (χ0) is 17.8. The first-order valence-electron chi connectivity index (χ1n) is 9.43. The van der Waals surface area contributed by atoms with Gasteiger partial charge in [0, 0.05) is 17.9 Å². The maximum absolute atomic E-state index is 12.5. The van der Waals surface area contributed by atoms with Crippen LogP contribution in [-0.2, 0) is 17.6 Å². The van der Waals surface area contributed by atoms with Crippen LogP contribution < -0.4 is 10.1 Å². The Morgan fingerprint density at radius 1 is 1.15 bits per heavy atom. The molecule has 1 aliphatic carbocycles. The lowest BCUT2D eigenvalue weighted by molar-refractivity contribution is -0.0110. The van der Waals surface area contributed by atoms with Crippen molar-refractivity contribution in [1.29, 1.82) is 0 Å². The van der Waals surface area contributed by atoms with Gasteiger partial charge in [-0.15, -0.1) is 0 Å². The summed E-state index contributed by atoms with van der Waals surface area (Å²) in [5.74, 6) is 0.869. The van der Waals surface area contributed by atoms with Gasteiger partial charge in [-0.2, -0.15) is 0 Å². The van der Waals surface area contributed by atoms with Gasteiger partial charge in [0.1, 0.15) is 12.4 Å². The second-order valence-corrected chi connectivity index (χ2v) is 6.92. The van der Waals surface area contributed by atoms with Crippen LogP contribution in [0.25, 0.3) is 0 Å². The van der Waals surface area contributed by atoms with Crippen LogP contribution in [0.5, 0.6) is 5.75 Å². The summed E-state index contributed by atoms with van der Waals surface area (Å²) in [4.78, 5) is 12.5. The van der Waals surface area contributed by atoms with E-state index in [9.17, 15) is 4.79 Å². The van der Waals surface area contributed by atoms with E-state index in [4.69, 9.17) is 14.0 Å². The van der Waals surface area contributed by atoms with Crippen molar-refractivity contribution in [3.05, 3.63) is 41.3 Å². The number of aryl methyl sites for hydroxylation is 1. The first-order chi connectivity index (χ1) is 12.8. The van der Waals surface area contributed by atoms with Crippen LogP contribution in [0.2, 0.25) is 0 Å². The van der Waals surface area contributed by atoms with E-state index < -0.39 is 0 Å². The molecule has 2 aromatic rings. The number of rotatable bonds is 5. The Balaban J connectivity index is 1.33.